The quantitative estimate of drug-likeness (QED) is 0.772. The molecule has 122 valence electrons. The minimum Gasteiger partial charge on any atom is -0.352 e. The molecule has 0 spiro atoms. The maximum absolute atomic E-state index is 11.9. The lowest BCUT2D eigenvalue weighted by atomic mass is 10.1. The summed E-state index contributed by atoms with van der Waals surface area (Å²) in [5, 5.41) is 5.72. The zero-order chi connectivity index (χ0) is 16.5. The van der Waals surface area contributed by atoms with Gasteiger partial charge in [-0.25, -0.2) is 0 Å². The summed E-state index contributed by atoms with van der Waals surface area (Å²) < 4.78 is 0. The average molecular weight is 305 g/mol. The molecule has 0 aromatic heterocycles. The van der Waals surface area contributed by atoms with Crippen LogP contribution in [0.2, 0.25) is 0 Å². The second-order valence-electron chi connectivity index (χ2n) is 5.83. The number of aryl methyl sites for hydroxylation is 1. The minimum atomic E-state index is -0.135. The lowest BCUT2D eigenvalue weighted by molar-refractivity contribution is -0.124. The van der Waals surface area contributed by atoms with Crippen molar-refractivity contribution >= 4 is 17.5 Å². The van der Waals surface area contributed by atoms with E-state index in [9.17, 15) is 9.59 Å². The van der Waals surface area contributed by atoms with Crippen LogP contribution in [0.5, 0.6) is 0 Å². The Kier molecular flexibility index (Phi) is 7.60. The SMILES string of the molecule is CCc1cccc(NC(=O)CCC(=O)NC(C)CN(C)C)c1. The first-order valence-corrected chi connectivity index (χ1v) is 7.73. The number of amides is 2. The fourth-order valence-electron chi connectivity index (χ4n) is 2.26. The summed E-state index contributed by atoms with van der Waals surface area (Å²) in [6.45, 7) is 4.80. The highest BCUT2D eigenvalue weighted by Gasteiger charge is 2.10. The molecular formula is C17H27N3O2. The van der Waals surface area contributed by atoms with Crippen LogP contribution in [-0.4, -0.2) is 43.4 Å². The first-order chi connectivity index (χ1) is 10.4. The van der Waals surface area contributed by atoms with Crippen molar-refractivity contribution in [1.29, 1.82) is 0 Å². The molecule has 2 amide bonds. The minimum absolute atomic E-state index is 0.0757. The molecule has 1 rings (SSSR count). The van der Waals surface area contributed by atoms with Gasteiger partial charge in [0.1, 0.15) is 0 Å². The van der Waals surface area contributed by atoms with E-state index in [2.05, 4.69) is 17.6 Å². The summed E-state index contributed by atoms with van der Waals surface area (Å²) in [6, 6.07) is 7.83. The number of nitrogens with zero attached hydrogens (tertiary/aromatic N) is 1. The molecule has 22 heavy (non-hydrogen) atoms. The molecule has 5 nitrogen and oxygen atoms in total. The van der Waals surface area contributed by atoms with Crippen molar-refractivity contribution in [3.05, 3.63) is 29.8 Å². The van der Waals surface area contributed by atoms with Gasteiger partial charge in [-0.15, -0.1) is 0 Å². The molecular weight excluding hydrogens is 278 g/mol. The van der Waals surface area contributed by atoms with Crippen LogP contribution in [0.25, 0.3) is 0 Å². The van der Waals surface area contributed by atoms with Gasteiger partial charge in [0.2, 0.25) is 11.8 Å². The van der Waals surface area contributed by atoms with Crippen molar-refractivity contribution in [2.45, 2.75) is 39.2 Å². The first-order valence-electron chi connectivity index (χ1n) is 7.73. The van der Waals surface area contributed by atoms with Crippen molar-refractivity contribution in [3.8, 4) is 0 Å². The van der Waals surface area contributed by atoms with Crippen LogP contribution in [0.3, 0.4) is 0 Å². The highest BCUT2D eigenvalue weighted by molar-refractivity contribution is 5.93. The molecule has 1 aromatic carbocycles. The summed E-state index contributed by atoms with van der Waals surface area (Å²) in [5.41, 5.74) is 1.96. The van der Waals surface area contributed by atoms with Crippen LogP contribution in [0, 0.1) is 0 Å². The fourth-order valence-corrected chi connectivity index (χ4v) is 2.26. The van der Waals surface area contributed by atoms with Gasteiger partial charge >= 0.3 is 0 Å². The molecule has 0 heterocycles. The maximum Gasteiger partial charge on any atom is 0.224 e. The summed E-state index contributed by atoms with van der Waals surface area (Å²) in [4.78, 5) is 25.7. The number of anilines is 1. The van der Waals surface area contributed by atoms with Crippen molar-refractivity contribution in [2.24, 2.45) is 0 Å². The van der Waals surface area contributed by atoms with Gasteiger partial charge in [-0.1, -0.05) is 19.1 Å². The smallest absolute Gasteiger partial charge is 0.224 e. The van der Waals surface area contributed by atoms with E-state index in [0.717, 1.165) is 18.7 Å². The van der Waals surface area contributed by atoms with Gasteiger partial charge in [0.15, 0.2) is 0 Å². The topological polar surface area (TPSA) is 61.4 Å². The number of nitrogens with one attached hydrogen (secondary N) is 2. The molecule has 0 saturated heterocycles. The van der Waals surface area contributed by atoms with Gasteiger partial charge in [0, 0.05) is 31.1 Å². The monoisotopic (exact) mass is 305 g/mol. The largest absolute Gasteiger partial charge is 0.352 e. The van der Waals surface area contributed by atoms with E-state index in [0.29, 0.717) is 0 Å². The molecule has 1 atom stereocenters. The van der Waals surface area contributed by atoms with Crippen molar-refractivity contribution in [2.75, 3.05) is 26.0 Å². The highest BCUT2D eigenvalue weighted by Crippen LogP contribution is 2.11. The highest BCUT2D eigenvalue weighted by atomic mass is 16.2. The molecule has 0 fully saturated rings. The zero-order valence-corrected chi connectivity index (χ0v) is 14.0. The van der Waals surface area contributed by atoms with Gasteiger partial charge in [-0.05, 0) is 45.1 Å². The number of hydrogen-bond acceptors (Lipinski definition) is 3. The van der Waals surface area contributed by atoms with E-state index < -0.39 is 0 Å². The Labute approximate surface area is 133 Å². The number of carbonyl (C=O) groups is 2. The lowest BCUT2D eigenvalue weighted by Gasteiger charge is -2.18. The van der Waals surface area contributed by atoms with Crippen LogP contribution in [0.4, 0.5) is 5.69 Å². The Morgan fingerprint density at radius 2 is 1.86 bits per heavy atom. The molecule has 5 heteroatoms. The molecule has 1 aromatic rings. The third-order valence-electron chi connectivity index (χ3n) is 3.24. The Hall–Kier alpha value is -1.88. The third kappa shape index (κ3) is 7.22. The van der Waals surface area contributed by atoms with E-state index in [4.69, 9.17) is 0 Å². The average Bonchev–Trinajstić information content (AvgIpc) is 2.44. The van der Waals surface area contributed by atoms with Gasteiger partial charge < -0.3 is 15.5 Å². The summed E-state index contributed by atoms with van der Waals surface area (Å²) in [5.74, 6) is -0.226. The Morgan fingerprint density at radius 3 is 2.50 bits per heavy atom. The molecule has 0 radical (unpaired) electrons. The van der Waals surface area contributed by atoms with E-state index in [1.165, 1.54) is 5.56 Å². The molecule has 0 aliphatic rings. The second kappa shape index (κ2) is 9.20. The fraction of sp³-hybridized carbons (Fsp3) is 0.529. The van der Waals surface area contributed by atoms with Crippen molar-refractivity contribution < 1.29 is 9.59 Å². The van der Waals surface area contributed by atoms with Crippen LogP contribution < -0.4 is 10.6 Å². The number of hydrogen-bond donors (Lipinski definition) is 2. The van der Waals surface area contributed by atoms with E-state index in [1.807, 2.05) is 50.2 Å². The number of carbonyl (C=O) groups excluding carboxylic acids is 2. The number of likely N-dealkylation sites (N-methyl/N-ethyl adjacent to an activating group) is 1. The summed E-state index contributed by atoms with van der Waals surface area (Å²) in [7, 11) is 3.92. The van der Waals surface area contributed by atoms with Crippen molar-refractivity contribution in [1.82, 2.24) is 10.2 Å². The van der Waals surface area contributed by atoms with E-state index in [1.54, 1.807) is 0 Å². The van der Waals surface area contributed by atoms with Crippen LogP contribution in [0.1, 0.15) is 32.3 Å². The Morgan fingerprint density at radius 1 is 1.18 bits per heavy atom. The molecule has 0 aliphatic heterocycles. The summed E-state index contributed by atoms with van der Waals surface area (Å²) >= 11 is 0. The number of benzene rings is 1. The van der Waals surface area contributed by atoms with Crippen LogP contribution in [-0.2, 0) is 16.0 Å². The first kappa shape index (κ1) is 18.2. The molecule has 0 saturated carbocycles. The van der Waals surface area contributed by atoms with Crippen LogP contribution in [0.15, 0.2) is 24.3 Å². The standard InChI is InChI=1S/C17H27N3O2/c1-5-14-7-6-8-15(11-14)19-17(22)10-9-16(21)18-13(2)12-20(3)4/h6-8,11,13H,5,9-10,12H2,1-4H3,(H,18,21)(H,19,22). The molecule has 0 bridgehead atoms. The third-order valence-corrected chi connectivity index (χ3v) is 3.24. The predicted molar refractivity (Wildman–Crippen MR) is 89.8 cm³/mol. The van der Waals surface area contributed by atoms with Crippen LogP contribution >= 0.6 is 0 Å². The van der Waals surface area contributed by atoms with E-state index in [-0.39, 0.29) is 30.7 Å². The normalized spacial score (nSPS) is 12.0. The summed E-state index contributed by atoms with van der Waals surface area (Å²) in [6.07, 6.45) is 1.32. The van der Waals surface area contributed by atoms with Crippen molar-refractivity contribution in [3.63, 3.8) is 0 Å². The molecule has 0 aliphatic carbocycles. The Bertz CT molecular complexity index is 500. The molecule has 2 N–H and O–H groups in total. The zero-order valence-electron chi connectivity index (χ0n) is 14.0. The second-order valence-corrected chi connectivity index (χ2v) is 5.83. The van der Waals surface area contributed by atoms with Gasteiger partial charge in [0.05, 0.1) is 0 Å². The van der Waals surface area contributed by atoms with Gasteiger partial charge in [-0.3, -0.25) is 9.59 Å². The number of rotatable bonds is 8. The maximum atomic E-state index is 11.9. The predicted octanol–water partition coefficient (Wildman–Crippen LogP) is 2.03. The lowest BCUT2D eigenvalue weighted by Crippen LogP contribution is -2.39. The van der Waals surface area contributed by atoms with E-state index >= 15 is 0 Å². The Balaban J connectivity index is 2.34. The molecule has 1 unspecified atom stereocenters. The van der Waals surface area contributed by atoms with Gasteiger partial charge in [-0.2, -0.15) is 0 Å². The van der Waals surface area contributed by atoms with Gasteiger partial charge in [0.25, 0.3) is 0 Å².